The van der Waals surface area contributed by atoms with E-state index >= 15 is 0 Å². The number of methoxy groups -OCH3 is 1. The Bertz CT molecular complexity index is 340. The van der Waals surface area contributed by atoms with Crippen molar-refractivity contribution in [2.75, 3.05) is 7.11 Å². The first-order chi connectivity index (χ1) is 7.61. The summed E-state index contributed by atoms with van der Waals surface area (Å²) in [5.41, 5.74) is 0. The minimum Gasteiger partial charge on any atom is -0.382 e. The van der Waals surface area contributed by atoms with Crippen molar-refractivity contribution in [3.05, 3.63) is 20.8 Å². The second-order valence-electron chi connectivity index (χ2n) is 3.57. The summed E-state index contributed by atoms with van der Waals surface area (Å²) in [6.45, 7) is 2.57. The van der Waals surface area contributed by atoms with Crippen molar-refractivity contribution in [1.29, 1.82) is 0 Å². The minimum atomic E-state index is 0.0772. The number of carbonyl (C=O) groups is 1. The van der Waals surface area contributed by atoms with Crippen LogP contribution in [0.1, 0.15) is 24.6 Å². The Morgan fingerprint density at radius 3 is 2.94 bits per heavy atom. The van der Waals surface area contributed by atoms with Crippen molar-refractivity contribution in [3.63, 3.8) is 0 Å². The van der Waals surface area contributed by atoms with Crippen LogP contribution >= 0.6 is 27.3 Å². The number of rotatable bonds is 6. The van der Waals surface area contributed by atoms with Gasteiger partial charge in [0.2, 0.25) is 5.91 Å². The summed E-state index contributed by atoms with van der Waals surface area (Å²) in [7, 11) is 1.66. The third-order valence-electron chi connectivity index (χ3n) is 2.27. The second-order valence-corrected chi connectivity index (χ2v) is 6.12. The van der Waals surface area contributed by atoms with E-state index in [0.29, 0.717) is 13.0 Å². The van der Waals surface area contributed by atoms with Crippen LogP contribution in [0.4, 0.5) is 0 Å². The lowest BCUT2D eigenvalue weighted by Crippen LogP contribution is -2.23. The molecular formula is C11H16BrNO2S. The summed E-state index contributed by atoms with van der Waals surface area (Å²) in [6, 6.07) is 3.99. The molecule has 0 fully saturated rings. The minimum absolute atomic E-state index is 0.0772. The highest BCUT2D eigenvalue weighted by atomic mass is 79.9. The van der Waals surface area contributed by atoms with E-state index in [1.165, 1.54) is 0 Å². The van der Waals surface area contributed by atoms with Gasteiger partial charge in [0.05, 0.1) is 16.4 Å². The van der Waals surface area contributed by atoms with Crippen LogP contribution < -0.4 is 5.32 Å². The van der Waals surface area contributed by atoms with Gasteiger partial charge in [0, 0.05) is 18.4 Å². The van der Waals surface area contributed by atoms with Gasteiger partial charge in [-0.2, -0.15) is 0 Å². The zero-order valence-corrected chi connectivity index (χ0v) is 11.9. The fourth-order valence-corrected chi connectivity index (χ4v) is 2.60. The molecule has 1 heterocycles. The lowest BCUT2D eigenvalue weighted by atomic mass is 10.2. The van der Waals surface area contributed by atoms with Crippen molar-refractivity contribution in [2.45, 2.75) is 32.4 Å². The van der Waals surface area contributed by atoms with E-state index in [4.69, 9.17) is 4.74 Å². The van der Waals surface area contributed by atoms with Gasteiger partial charge in [0.25, 0.3) is 0 Å². The fraction of sp³-hybridized carbons (Fsp3) is 0.545. The number of hydrogen-bond donors (Lipinski definition) is 1. The van der Waals surface area contributed by atoms with Crippen molar-refractivity contribution in [1.82, 2.24) is 5.32 Å². The average Bonchev–Trinajstić information content (AvgIpc) is 2.69. The van der Waals surface area contributed by atoms with Crippen LogP contribution in [-0.4, -0.2) is 19.1 Å². The number of amides is 1. The van der Waals surface area contributed by atoms with Crippen molar-refractivity contribution >= 4 is 33.2 Å². The zero-order valence-electron chi connectivity index (χ0n) is 9.46. The summed E-state index contributed by atoms with van der Waals surface area (Å²) in [6.07, 6.45) is 1.42. The Balaban J connectivity index is 2.20. The van der Waals surface area contributed by atoms with Gasteiger partial charge in [0.1, 0.15) is 0 Å². The highest BCUT2D eigenvalue weighted by Gasteiger charge is 2.06. The second kappa shape index (κ2) is 7.04. The quantitative estimate of drug-likeness (QED) is 0.877. The Morgan fingerprint density at radius 2 is 2.38 bits per heavy atom. The molecule has 90 valence electrons. The third kappa shape index (κ3) is 5.09. The molecule has 0 saturated heterocycles. The SMILES string of the molecule is COC(C)CCC(=O)NCc1ccc(Br)s1. The lowest BCUT2D eigenvalue weighted by Gasteiger charge is -2.08. The smallest absolute Gasteiger partial charge is 0.220 e. The molecule has 1 unspecified atom stereocenters. The molecule has 0 radical (unpaired) electrons. The van der Waals surface area contributed by atoms with Crippen molar-refractivity contribution in [2.24, 2.45) is 0 Å². The maximum atomic E-state index is 11.5. The molecule has 0 bridgehead atoms. The summed E-state index contributed by atoms with van der Waals surface area (Å²) in [5, 5.41) is 2.89. The summed E-state index contributed by atoms with van der Waals surface area (Å²) in [4.78, 5) is 12.6. The topological polar surface area (TPSA) is 38.3 Å². The number of ether oxygens (including phenoxy) is 1. The molecule has 0 aliphatic rings. The number of carbonyl (C=O) groups excluding carboxylic acids is 1. The van der Waals surface area contributed by atoms with Gasteiger partial charge in [-0.1, -0.05) is 0 Å². The molecule has 0 aliphatic heterocycles. The summed E-state index contributed by atoms with van der Waals surface area (Å²) < 4.78 is 6.17. The van der Waals surface area contributed by atoms with Crippen LogP contribution in [0.25, 0.3) is 0 Å². The Morgan fingerprint density at radius 1 is 1.62 bits per heavy atom. The molecule has 1 atom stereocenters. The molecule has 1 rings (SSSR count). The third-order valence-corrected chi connectivity index (χ3v) is 3.89. The van der Waals surface area contributed by atoms with E-state index < -0.39 is 0 Å². The van der Waals surface area contributed by atoms with E-state index in [1.54, 1.807) is 18.4 Å². The van der Waals surface area contributed by atoms with Crippen molar-refractivity contribution in [3.8, 4) is 0 Å². The van der Waals surface area contributed by atoms with Crippen LogP contribution in [0.2, 0.25) is 0 Å². The predicted molar refractivity (Wildman–Crippen MR) is 69.6 cm³/mol. The lowest BCUT2D eigenvalue weighted by molar-refractivity contribution is -0.121. The molecule has 0 saturated carbocycles. The molecule has 16 heavy (non-hydrogen) atoms. The first kappa shape index (κ1) is 13.7. The normalized spacial score (nSPS) is 12.4. The van der Waals surface area contributed by atoms with Gasteiger partial charge in [-0.25, -0.2) is 0 Å². The van der Waals surface area contributed by atoms with Gasteiger partial charge < -0.3 is 10.1 Å². The van der Waals surface area contributed by atoms with Crippen LogP contribution in [0.5, 0.6) is 0 Å². The van der Waals surface area contributed by atoms with Crippen LogP contribution in [0, 0.1) is 0 Å². The number of nitrogens with one attached hydrogen (secondary N) is 1. The average molecular weight is 306 g/mol. The zero-order chi connectivity index (χ0) is 12.0. The molecule has 0 aromatic carbocycles. The monoisotopic (exact) mass is 305 g/mol. The molecular weight excluding hydrogens is 290 g/mol. The molecule has 1 N–H and O–H groups in total. The highest BCUT2D eigenvalue weighted by Crippen LogP contribution is 2.21. The van der Waals surface area contributed by atoms with E-state index in [1.807, 2.05) is 19.1 Å². The first-order valence-corrected chi connectivity index (χ1v) is 6.76. The first-order valence-electron chi connectivity index (χ1n) is 5.15. The van der Waals surface area contributed by atoms with Crippen molar-refractivity contribution < 1.29 is 9.53 Å². The van der Waals surface area contributed by atoms with Gasteiger partial charge in [-0.05, 0) is 41.4 Å². The molecule has 3 nitrogen and oxygen atoms in total. The fourth-order valence-electron chi connectivity index (χ4n) is 1.17. The van der Waals surface area contributed by atoms with E-state index in [2.05, 4.69) is 21.2 Å². The maximum Gasteiger partial charge on any atom is 0.220 e. The molecule has 0 spiro atoms. The van der Waals surface area contributed by atoms with Crippen LogP contribution in [-0.2, 0) is 16.1 Å². The maximum absolute atomic E-state index is 11.5. The van der Waals surface area contributed by atoms with E-state index in [-0.39, 0.29) is 12.0 Å². The van der Waals surface area contributed by atoms with Gasteiger partial charge in [-0.3, -0.25) is 4.79 Å². The number of halogens is 1. The highest BCUT2D eigenvalue weighted by molar-refractivity contribution is 9.11. The predicted octanol–water partition coefficient (Wildman–Crippen LogP) is 2.94. The molecule has 1 aromatic heterocycles. The van der Waals surface area contributed by atoms with Crippen LogP contribution in [0.15, 0.2) is 15.9 Å². The number of thiophene rings is 1. The largest absolute Gasteiger partial charge is 0.382 e. The van der Waals surface area contributed by atoms with Gasteiger partial charge in [0.15, 0.2) is 0 Å². The summed E-state index contributed by atoms with van der Waals surface area (Å²) in [5.74, 6) is 0.0772. The standard InChI is InChI=1S/C11H16BrNO2S/c1-8(15-2)3-6-11(14)13-7-9-4-5-10(12)16-9/h4-5,8H,3,6-7H2,1-2H3,(H,13,14). The van der Waals surface area contributed by atoms with E-state index in [0.717, 1.165) is 15.1 Å². The summed E-state index contributed by atoms with van der Waals surface area (Å²) >= 11 is 5.02. The van der Waals surface area contributed by atoms with Gasteiger partial charge >= 0.3 is 0 Å². The van der Waals surface area contributed by atoms with E-state index in [9.17, 15) is 4.79 Å². The van der Waals surface area contributed by atoms with Crippen LogP contribution in [0.3, 0.4) is 0 Å². The number of hydrogen-bond acceptors (Lipinski definition) is 3. The molecule has 0 aliphatic carbocycles. The molecule has 1 amide bonds. The Labute approximate surface area is 108 Å². The van der Waals surface area contributed by atoms with Gasteiger partial charge in [-0.15, -0.1) is 11.3 Å². The Hall–Kier alpha value is -0.390. The molecule has 1 aromatic rings. The molecule has 5 heteroatoms. The Kier molecular flexibility index (Phi) is 6.01.